The summed E-state index contributed by atoms with van der Waals surface area (Å²) >= 11 is 1.43. The summed E-state index contributed by atoms with van der Waals surface area (Å²) in [5.41, 5.74) is 0. The molecular weight excluding hydrogens is 577 g/mol. The van der Waals surface area contributed by atoms with Gasteiger partial charge in [0.25, 0.3) is 0 Å². The van der Waals surface area contributed by atoms with Crippen LogP contribution < -0.4 is 0 Å². The molecule has 0 N–H and O–H groups in total. The van der Waals surface area contributed by atoms with Crippen LogP contribution in [0.25, 0.3) is 0 Å². The summed E-state index contributed by atoms with van der Waals surface area (Å²) in [6, 6.07) is 0. The Morgan fingerprint density at radius 3 is 0.822 bits per heavy atom. The highest BCUT2D eigenvalue weighted by Crippen LogP contribution is 2.26. The van der Waals surface area contributed by atoms with E-state index >= 15 is 0 Å². The summed E-state index contributed by atoms with van der Waals surface area (Å²) < 4.78 is 11.2. The zero-order valence-corrected chi connectivity index (χ0v) is 31.6. The van der Waals surface area contributed by atoms with Crippen LogP contribution in [0.15, 0.2) is 0 Å². The number of carbonyl (C=O) groups excluding carboxylic acids is 2. The maximum atomic E-state index is 12.7. The van der Waals surface area contributed by atoms with Gasteiger partial charge < -0.3 is 9.47 Å². The Hall–Kier alpha value is -0.710. The molecule has 0 aromatic rings. The van der Waals surface area contributed by atoms with Gasteiger partial charge in [-0.15, -0.1) is 11.8 Å². The van der Waals surface area contributed by atoms with Crippen LogP contribution in [0.5, 0.6) is 0 Å². The fraction of sp³-hybridized carbons (Fsp3) is 0.950. The van der Waals surface area contributed by atoms with E-state index in [1.165, 1.54) is 166 Å². The zero-order valence-electron chi connectivity index (χ0n) is 30.8. The Morgan fingerprint density at radius 2 is 0.600 bits per heavy atom. The standard InChI is InChI=1S/C40H78O4S/c1-5-9-11-13-15-17-19-21-23-25-27-29-31-33-35-43-39(41)37(7-3)45-38(8-4)40(42)44-36-34-32-30-28-26-24-22-20-18-16-14-12-10-6-2/h37-38H,5-36H2,1-4H3. The van der Waals surface area contributed by atoms with Crippen LogP contribution in [-0.2, 0) is 19.1 Å². The van der Waals surface area contributed by atoms with E-state index in [1.807, 2.05) is 13.8 Å². The molecule has 0 spiro atoms. The molecule has 268 valence electrons. The minimum Gasteiger partial charge on any atom is -0.465 e. The van der Waals surface area contributed by atoms with Crippen LogP contribution in [0, 0.1) is 0 Å². The van der Waals surface area contributed by atoms with E-state index in [0.717, 1.165) is 25.7 Å². The van der Waals surface area contributed by atoms with Gasteiger partial charge in [0.2, 0.25) is 0 Å². The van der Waals surface area contributed by atoms with Crippen LogP contribution in [-0.4, -0.2) is 35.7 Å². The third-order valence-electron chi connectivity index (χ3n) is 9.08. The van der Waals surface area contributed by atoms with E-state index in [2.05, 4.69) is 13.8 Å². The van der Waals surface area contributed by atoms with Crippen molar-refractivity contribution in [2.75, 3.05) is 13.2 Å². The second-order valence-corrected chi connectivity index (χ2v) is 14.9. The fourth-order valence-electron chi connectivity index (χ4n) is 5.96. The highest BCUT2D eigenvalue weighted by Gasteiger charge is 2.27. The van der Waals surface area contributed by atoms with Crippen LogP contribution in [0.2, 0.25) is 0 Å². The maximum Gasteiger partial charge on any atom is 0.319 e. The molecule has 0 rings (SSSR count). The van der Waals surface area contributed by atoms with E-state index in [0.29, 0.717) is 26.1 Å². The van der Waals surface area contributed by atoms with Gasteiger partial charge in [0.1, 0.15) is 10.5 Å². The molecule has 0 bridgehead atoms. The number of hydrogen-bond donors (Lipinski definition) is 0. The molecule has 0 fully saturated rings. The molecule has 0 aromatic carbocycles. The molecule has 0 aliphatic carbocycles. The van der Waals surface area contributed by atoms with Crippen molar-refractivity contribution in [2.24, 2.45) is 0 Å². The van der Waals surface area contributed by atoms with Crippen LogP contribution in [0.3, 0.4) is 0 Å². The molecule has 0 aromatic heterocycles. The molecule has 2 unspecified atom stereocenters. The lowest BCUT2D eigenvalue weighted by Gasteiger charge is -2.19. The van der Waals surface area contributed by atoms with Crippen molar-refractivity contribution >= 4 is 23.7 Å². The summed E-state index contributed by atoms with van der Waals surface area (Å²) in [4.78, 5) is 25.4. The van der Waals surface area contributed by atoms with Gasteiger partial charge >= 0.3 is 11.9 Å². The molecule has 0 aliphatic heterocycles. The topological polar surface area (TPSA) is 52.6 Å². The SMILES string of the molecule is CCCCCCCCCCCCCCCCOC(=O)C(CC)SC(CC)C(=O)OCCCCCCCCCCCCCCCC. The van der Waals surface area contributed by atoms with Crippen LogP contribution in [0.1, 0.15) is 220 Å². The normalized spacial score (nSPS) is 12.7. The molecule has 0 radical (unpaired) electrons. The first-order chi connectivity index (χ1) is 22.1. The predicted octanol–water partition coefficient (Wildman–Crippen LogP) is 13.3. The lowest BCUT2D eigenvalue weighted by molar-refractivity contribution is -0.143. The summed E-state index contributed by atoms with van der Waals surface area (Å²) in [6.45, 7) is 9.54. The Morgan fingerprint density at radius 1 is 0.378 bits per heavy atom. The number of esters is 2. The van der Waals surface area contributed by atoms with Gasteiger partial charge in [-0.05, 0) is 25.7 Å². The second kappa shape index (κ2) is 36.1. The monoisotopic (exact) mass is 655 g/mol. The van der Waals surface area contributed by atoms with Gasteiger partial charge in [-0.3, -0.25) is 9.59 Å². The Bertz CT molecular complexity index is 573. The minimum absolute atomic E-state index is 0.171. The minimum atomic E-state index is -0.296. The van der Waals surface area contributed by atoms with E-state index in [4.69, 9.17) is 9.47 Å². The summed E-state index contributed by atoms with van der Waals surface area (Å²) in [5, 5.41) is -0.592. The lowest BCUT2D eigenvalue weighted by atomic mass is 10.0. The molecule has 0 saturated heterocycles. The lowest BCUT2D eigenvalue weighted by Crippen LogP contribution is -2.28. The maximum absolute atomic E-state index is 12.7. The van der Waals surface area contributed by atoms with E-state index in [1.54, 1.807) is 0 Å². The molecule has 0 amide bonds. The van der Waals surface area contributed by atoms with Crippen molar-refractivity contribution in [3.05, 3.63) is 0 Å². The molecule has 2 atom stereocenters. The number of thioether (sulfide) groups is 1. The molecule has 0 aliphatic rings. The van der Waals surface area contributed by atoms with Gasteiger partial charge in [-0.25, -0.2) is 0 Å². The van der Waals surface area contributed by atoms with Gasteiger partial charge in [0.05, 0.1) is 13.2 Å². The number of rotatable bonds is 36. The summed E-state index contributed by atoms with van der Waals surface area (Å²) in [5.74, 6) is -0.342. The predicted molar refractivity (Wildman–Crippen MR) is 198 cm³/mol. The van der Waals surface area contributed by atoms with Crippen molar-refractivity contribution in [1.82, 2.24) is 0 Å². The van der Waals surface area contributed by atoms with Gasteiger partial charge in [-0.2, -0.15) is 0 Å². The Kier molecular flexibility index (Phi) is 35.6. The highest BCUT2D eigenvalue weighted by atomic mass is 32.2. The van der Waals surface area contributed by atoms with Crippen molar-refractivity contribution in [2.45, 2.75) is 231 Å². The molecular formula is C40H78O4S. The van der Waals surface area contributed by atoms with Gasteiger partial charge in [-0.1, -0.05) is 195 Å². The summed E-state index contributed by atoms with van der Waals surface area (Å²) in [6.07, 6.45) is 38.2. The Balaban J connectivity index is 3.75. The average molecular weight is 655 g/mol. The van der Waals surface area contributed by atoms with E-state index < -0.39 is 0 Å². The number of unbranched alkanes of at least 4 members (excludes halogenated alkanes) is 26. The van der Waals surface area contributed by atoms with Crippen molar-refractivity contribution in [3.63, 3.8) is 0 Å². The first-order valence-corrected chi connectivity index (χ1v) is 21.0. The quantitative estimate of drug-likeness (QED) is 0.0497. The smallest absolute Gasteiger partial charge is 0.319 e. The highest BCUT2D eigenvalue weighted by molar-refractivity contribution is 8.01. The second-order valence-electron chi connectivity index (χ2n) is 13.5. The third kappa shape index (κ3) is 30.4. The number of carbonyl (C=O) groups is 2. The fourth-order valence-corrected chi connectivity index (χ4v) is 7.10. The molecule has 0 heterocycles. The van der Waals surface area contributed by atoms with Crippen LogP contribution in [0.4, 0.5) is 0 Å². The first kappa shape index (κ1) is 44.3. The van der Waals surface area contributed by atoms with Crippen molar-refractivity contribution in [3.8, 4) is 0 Å². The summed E-state index contributed by atoms with van der Waals surface area (Å²) in [7, 11) is 0. The van der Waals surface area contributed by atoms with Crippen molar-refractivity contribution < 1.29 is 19.1 Å². The number of ether oxygens (including phenoxy) is 2. The first-order valence-electron chi connectivity index (χ1n) is 20.1. The van der Waals surface area contributed by atoms with Gasteiger partial charge in [0, 0.05) is 0 Å². The van der Waals surface area contributed by atoms with Crippen LogP contribution >= 0.6 is 11.8 Å². The Labute approximate surface area is 286 Å². The van der Waals surface area contributed by atoms with Crippen molar-refractivity contribution in [1.29, 1.82) is 0 Å². The molecule has 5 heteroatoms. The molecule has 45 heavy (non-hydrogen) atoms. The average Bonchev–Trinajstić information content (AvgIpc) is 3.05. The van der Waals surface area contributed by atoms with E-state index in [-0.39, 0.29) is 22.4 Å². The molecule has 0 saturated carbocycles. The third-order valence-corrected chi connectivity index (χ3v) is 10.8. The number of hydrogen-bond acceptors (Lipinski definition) is 5. The largest absolute Gasteiger partial charge is 0.465 e. The molecule has 4 nitrogen and oxygen atoms in total. The van der Waals surface area contributed by atoms with Gasteiger partial charge in [0.15, 0.2) is 0 Å². The zero-order chi connectivity index (χ0) is 33.1. The van der Waals surface area contributed by atoms with E-state index in [9.17, 15) is 9.59 Å².